The maximum absolute atomic E-state index is 9.59. The Labute approximate surface area is 127 Å². The molecule has 0 aliphatic carbocycles. The van der Waals surface area contributed by atoms with E-state index in [-0.39, 0.29) is 0 Å². The highest BCUT2D eigenvalue weighted by atomic mass is 16.5. The molecule has 1 atom stereocenters. The van der Waals surface area contributed by atoms with Gasteiger partial charge in [-0.05, 0) is 50.0 Å². The molecule has 0 amide bonds. The summed E-state index contributed by atoms with van der Waals surface area (Å²) in [5.74, 6) is 0.354. The van der Waals surface area contributed by atoms with Crippen LogP contribution in [0.3, 0.4) is 0 Å². The lowest BCUT2D eigenvalue weighted by Gasteiger charge is -2.27. The molecule has 2 saturated heterocycles. The summed E-state index contributed by atoms with van der Waals surface area (Å²) in [5.41, 5.74) is 1.18. The lowest BCUT2D eigenvalue weighted by Crippen LogP contribution is -2.39. The maximum atomic E-state index is 9.59. The number of nitrogens with zero attached hydrogens (tertiary/aromatic N) is 2. The molecule has 0 aromatic heterocycles. The summed E-state index contributed by atoms with van der Waals surface area (Å²) in [5, 5.41) is 9.59. The molecular weight excluding hydrogens is 264 g/mol. The van der Waals surface area contributed by atoms with E-state index in [0.717, 1.165) is 39.2 Å². The molecule has 0 unspecified atom stereocenters. The van der Waals surface area contributed by atoms with Crippen molar-refractivity contribution in [3.05, 3.63) is 29.8 Å². The number of aromatic hydroxyl groups is 1. The summed E-state index contributed by atoms with van der Waals surface area (Å²) in [7, 11) is 0. The standard InChI is InChI=1S/C17H26N2O2/c20-16-6-3-5-15(11-16)12-19-9-4-10-21-17(14-19)13-18-7-1-2-8-18/h3,5-6,11,17,20H,1-2,4,7-10,12-14H2/t17-/m1/s1. The number of rotatable bonds is 4. The van der Waals surface area contributed by atoms with Gasteiger partial charge in [-0.25, -0.2) is 0 Å². The zero-order valence-corrected chi connectivity index (χ0v) is 12.7. The van der Waals surface area contributed by atoms with Gasteiger partial charge < -0.3 is 14.7 Å². The lowest BCUT2D eigenvalue weighted by molar-refractivity contribution is 0.0308. The molecule has 21 heavy (non-hydrogen) atoms. The first kappa shape index (κ1) is 14.8. The zero-order valence-electron chi connectivity index (χ0n) is 12.7. The van der Waals surface area contributed by atoms with Crippen LogP contribution in [-0.2, 0) is 11.3 Å². The Morgan fingerprint density at radius 1 is 1.10 bits per heavy atom. The third-order valence-corrected chi connectivity index (χ3v) is 4.41. The van der Waals surface area contributed by atoms with Crippen molar-refractivity contribution in [2.75, 3.05) is 39.3 Å². The van der Waals surface area contributed by atoms with Gasteiger partial charge in [0.25, 0.3) is 0 Å². The van der Waals surface area contributed by atoms with Crippen LogP contribution in [0.4, 0.5) is 0 Å². The Kier molecular flexibility index (Phi) is 5.12. The average molecular weight is 290 g/mol. The number of ether oxygens (including phenoxy) is 1. The van der Waals surface area contributed by atoms with E-state index < -0.39 is 0 Å². The van der Waals surface area contributed by atoms with Gasteiger partial charge in [-0.3, -0.25) is 4.90 Å². The van der Waals surface area contributed by atoms with Crippen LogP contribution in [0.15, 0.2) is 24.3 Å². The average Bonchev–Trinajstić information content (AvgIpc) is 2.86. The number of benzene rings is 1. The number of hydrogen-bond donors (Lipinski definition) is 1. The minimum absolute atomic E-state index is 0.322. The Bertz CT molecular complexity index is 446. The van der Waals surface area contributed by atoms with Crippen LogP contribution >= 0.6 is 0 Å². The number of phenols is 1. The Balaban J connectivity index is 1.56. The maximum Gasteiger partial charge on any atom is 0.115 e. The molecule has 0 radical (unpaired) electrons. The Morgan fingerprint density at radius 2 is 1.90 bits per heavy atom. The summed E-state index contributed by atoms with van der Waals surface area (Å²) in [6, 6.07) is 7.59. The van der Waals surface area contributed by atoms with E-state index in [1.54, 1.807) is 6.07 Å². The van der Waals surface area contributed by atoms with Gasteiger partial charge in [-0.15, -0.1) is 0 Å². The largest absolute Gasteiger partial charge is 0.508 e. The molecule has 1 aromatic carbocycles. The van der Waals surface area contributed by atoms with E-state index in [2.05, 4.69) is 15.9 Å². The monoisotopic (exact) mass is 290 g/mol. The fourth-order valence-electron chi connectivity index (χ4n) is 3.39. The second-order valence-corrected chi connectivity index (χ2v) is 6.26. The molecule has 1 aromatic rings. The van der Waals surface area contributed by atoms with Crippen LogP contribution in [0.2, 0.25) is 0 Å². The van der Waals surface area contributed by atoms with Crippen LogP contribution in [-0.4, -0.2) is 60.3 Å². The second-order valence-electron chi connectivity index (χ2n) is 6.26. The topological polar surface area (TPSA) is 35.9 Å². The minimum Gasteiger partial charge on any atom is -0.508 e. The predicted octanol–water partition coefficient (Wildman–Crippen LogP) is 2.08. The van der Waals surface area contributed by atoms with Crippen LogP contribution < -0.4 is 0 Å². The highest BCUT2D eigenvalue weighted by Crippen LogP contribution is 2.16. The van der Waals surface area contributed by atoms with E-state index in [4.69, 9.17) is 4.74 Å². The Hall–Kier alpha value is -1.10. The molecule has 0 bridgehead atoms. The minimum atomic E-state index is 0.322. The Morgan fingerprint density at radius 3 is 2.71 bits per heavy atom. The van der Waals surface area contributed by atoms with Gasteiger partial charge in [0.05, 0.1) is 6.10 Å². The summed E-state index contributed by atoms with van der Waals surface area (Å²) in [4.78, 5) is 4.99. The van der Waals surface area contributed by atoms with Crippen molar-refractivity contribution >= 4 is 0 Å². The number of likely N-dealkylation sites (tertiary alicyclic amines) is 1. The molecule has 4 heteroatoms. The molecule has 2 aliphatic heterocycles. The first-order valence-corrected chi connectivity index (χ1v) is 8.14. The van der Waals surface area contributed by atoms with Crippen LogP contribution in [0.25, 0.3) is 0 Å². The molecule has 2 heterocycles. The van der Waals surface area contributed by atoms with Crippen molar-refractivity contribution in [2.45, 2.75) is 31.9 Å². The summed E-state index contributed by atoms with van der Waals surface area (Å²) >= 11 is 0. The fraction of sp³-hybridized carbons (Fsp3) is 0.647. The van der Waals surface area contributed by atoms with E-state index in [1.807, 2.05) is 12.1 Å². The first-order valence-electron chi connectivity index (χ1n) is 8.14. The van der Waals surface area contributed by atoms with Gasteiger partial charge in [-0.1, -0.05) is 12.1 Å². The highest BCUT2D eigenvalue weighted by molar-refractivity contribution is 5.27. The fourth-order valence-corrected chi connectivity index (χ4v) is 3.39. The molecule has 3 rings (SSSR count). The summed E-state index contributed by atoms with van der Waals surface area (Å²) in [6.07, 6.45) is 4.08. The summed E-state index contributed by atoms with van der Waals surface area (Å²) in [6.45, 7) is 7.36. The van der Waals surface area contributed by atoms with Crippen molar-refractivity contribution in [2.24, 2.45) is 0 Å². The molecule has 2 fully saturated rings. The molecule has 4 nitrogen and oxygen atoms in total. The van der Waals surface area contributed by atoms with Crippen molar-refractivity contribution in [1.29, 1.82) is 0 Å². The van der Waals surface area contributed by atoms with Crippen molar-refractivity contribution in [3.63, 3.8) is 0 Å². The zero-order chi connectivity index (χ0) is 14.5. The van der Waals surface area contributed by atoms with Crippen molar-refractivity contribution in [3.8, 4) is 5.75 Å². The number of hydrogen-bond acceptors (Lipinski definition) is 4. The van der Waals surface area contributed by atoms with Gasteiger partial charge in [0.2, 0.25) is 0 Å². The number of phenolic OH excluding ortho intramolecular Hbond substituents is 1. The van der Waals surface area contributed by atoms with E-state index in [1.165, 1.54) is 31.5 Å². The molecule has 1 N–H and O–H groups in total. The van der Waals surface area contributed by atoms with E-state index in [9.17, 15) is 5.11 Å². The lowest BCUT2D eigenvalue weighted by atomic mass is 10.2. The SMILES string of the molecule is Oc1cccc(CN2CCCO[C@H](CN3CCCC3)C2)c1. The van der Waals surface area contributed by atoms with Gasteiger partial charge >= 0.3 is 0 Å². The third-order valence-electron chi connectivity index (χ3n) is 4.41. The van der Waals surface area contributed by atoms with Gasteiger partial charge in [-0.2, -0.15) is 0 Å². The highest BCUT2D eigenvalue weighted by Gasteiger charge is 2.22. The van der Waals surface area contributed by atoms with E-state index >= 15 is 0 Å². The molecule has 0 spiro atoms. The van der Waals surface area contributed by atoms with Gasteiger partial charge in [0, 0.05) is 32.8 Å². The molecule has 2 aliphatic rings. The van der Waals surface area contributed by atoms with Crippen LogP contribution in [0.1, 0.15) is 24.8 Å². The third kappa shape index (κ3) is 4.43. The first-order chi connectivity index (χ1) is 10.3. The van der Waals surface area contributed by atoms with Gasteiger partial charge in [0.1, 0.15) is 5.75 Å². The smallest absolute Gasteiger partial charge is 0.115 e. The van der Waals surface area contributed by atoms with Crippen LogP contribution in [0, 0.1) is 0 Å². The quantitative estimate of drug-likeness (QED) is 0.921. The molecule has 0 saturated carbocycles. The summed E-state index contributed by atoms with van der Waals surface area (Å²) < 4.78 is 6.02. The molecule has 116 valence electrons. The van der Waals surface area contributed by atoms with Crippen LogP contribution in [0.5, 0.6) is 5.75 Å². The van der Waals surface area contributed by atoms with Gasteiger partial charge in [0.15, 0.2) is 0 Å². The molecular formula is C17H26N2O2. The predicted molar refractivity (Wildman–Crippen MR) is 83.4 cm³/mol. The normalized spacial score (nSPS) is 25.0. The second kappa shape index (κ2) is 7.25. The van der Waals surface area contributed by atoms with E-state index in [0.29, 0.717) is 11.9 Å². The van der Waals surface area contributed by atoms with Crippen molar-refractivity contribution in [1.82, 2.24) is 9.80 Å². The van der Waals surface area contributed by atoms with Crippen molar-refractivity contribution < 1.29 is 9.84 Å².